The van der Waals surface area contributed by atoms with E-state index in [0.29, 0.717) is 18.9 Å². The number of ether oxygens (including phenoxy) is 2. The van der Waals surface area contributed by atoms with Crippen LogP contribution < -0.4 is 15.4 Å². The number of aromatic nitrogens is 3. The monoisotopic (exact) mass is 460 g/mol. The predicted octanol–water partition coefficient (Wildman–Crippen LogP) is 2.08. The summed E-state index contributed by atoms with van der Waals surface area (Å²) in [6, 6.07) is 9.60. The van der Waals surface area contributed by atoms with Gasteiger partial charge in [-0.25, -0.2) is 9.97 Å². The molecular formula is C25H28N6O3. The zero-order valence-electron chi connectivity index (χ0n) is 19.2. The minimum atomic E-state index is -0.191. The van der Waals surface area contributed by atoms with Crippen LogP contribution in [0.3, 0.4) is 0 Å². The highest BCUT2D eigenvalue weighted by atomic mass is 16.5. The molecule has 0 amide bonds. The first-order chi connectivity index (χ1) is 16.6. The lowest BCUT2D eigenvalue weighted by molar-refractivity contribution is 0.0388. The van der Waals surface area contributed by atoms with E-state index in [9.17, 15) is 4.79 Å². The molecule has 5 rings (SSSR count). The summed E-state index contributed by atoms with van der Waals surface area (Å²) in [5.41, 5.74) is 9.49. The molecule has 2 aliphatic heterocycles. The minimum Gasteiger partial charge on any atom is -0.488 e. The van der Waals surface area contributed by atoms with E-state index in [1.165, 1.54) is 0 Å². The maximum Gasteiger partial charge on any atom is 0.189 e. The minimum absolute atomic E-state index is 0.125. The van der Waals surface area contributed by atoms with Crippen LogP contribution in [0, 0.1) is 0 Å². The van der Waals surface area contributed by atoms with Crippen LogP contribution in [0.1, 0.15) is 16.1 Å². The molecule has 2 N–H and O–H groups in total. The number of benzene rings is 1. The summed E-state index contributed by atoms with van der Waals surface area (Å²) in [6.07, 6.45) is 5.43. The fraction of sp³-hybridized carbons (Fsp3) is 0.360. The molecule has 0 unspecified atom stereocenters. The number of likely N-dealkylation sites (tertiary alicyclic amines) is 1. The highest BCUT2D eigenvalue weighted by Gasteiger charge is 2.25. The van der Waals surface area contributed by atoms with Gasteiger partial charge in [0.2, 0.25) is 0 Å². The van der Waals surface area contributed by atoms with E-state index in [0.717, 1.165) is 48.7 Å². The summed E-state index contributed by atoms with van der Waals surface area (Å²) < 4.78 is 11.4. The maximum atomic E-state index is 13.2. The molecule has 0 saturated carbocycles. The predicted molar refractivity (Wildman–Crippen MR) is 129 cm³/mol. The molecule has 176 valence electrons. The van der Waals surface area contributed by atoms with Crippen molar-refractivity contribution in [2.24, 2.45) is 0 Å². The van der Waals surface area contributed by atoms with Crippen LogP contribution in [0.15, 0.2) is 48.9 Å². The summed E-state index contributed by atoms with van der Waals surface area (Å²) in [4.78, 5) is 30.7. The highest BCUT2D eigenvalue weighted by molar-refractivity contribution is 6.00. The molecule has 2 aromatic heterocycles. The third kappa shape index (κ3) is 4.85. The number of hydrogen-bond acceptors (Lipinski definition) is 9. The van der Waals surface area contributed by atoms with E-state index in [2.05, 4.69) is 31.8 Å². The molecule has 0 aliphatic carbocycles. The molecular weight excluding hydrogens is 432 g/mol. The molecule has 1 aromatic carbocycles. The van der Waals surface area contributed by atoms with E-state index in [1.54, 1.807) is 18.6 Å². The van der Waals surface area contributed by atoms with Crippen molar-refractivity contribution in [3.63, 3.8) is 0 Å². The lowest BCUT2D eigenvalue weighted by atomic mass is 10.1. The number of anilines is 2. The third-order valence-electron chi connectivity index (χ3n) is 6.13. The van der Waals surface area contributed by atoms with E-state index < -0.39 is 0 Å². The van der Waals surface area contributed by atoms with Gasteiger partial charge in [-0.3, -0.25) is 14.7 Å². The number of likely N-dealkylation sites (N-methyl/N-ethyl adjacent to an activating group) is 1. The third-order valence-corrected chi connectivity index (χ3v) is 6.13. The van der Waals surface area contributed by atoms with Crippen LogP contribution in [-0.2, 0) is 11.2 Å². The lowest BCUT2D eigenvalue weighted by Crippen LogP contribution is -2.51. The number of ketones is 1. The molecule has 2 aliphatic rings. The van der Waals surface area contributed by atoms with Crippen molar-refractivity contribution in [3.8, 4) is 17.0 Å². The van der Waals surface area contributed by atoms with Gasteiger partial charge in [0.05, 0.1) is 25.1 Å². The second kappa shape index (κ2) is 9.74. The van der Waals surface area contributed by atoms with Crippen molar-refractivity contribution in [2.45, 2.75) is 12.5 Å². The number of nitrogens with zero attached hydrogens (tertiary/aromatic N) is 5. The van der Waals surface area contributed by atoms with Gasteiger partial charge in [-0.15, -0.1) is 0 Å². The smallest absolute Gasteiger partial charge is 0.189 e. The molecule has 2 fully saturated rings. The average Bonchev–Trinajstić information content (AvgIpc) is 2.85. The standard InChI is InChI=1S/C25H28N6O3/c1-30-15-20(16-30)34-19-4-2-17(3-5-19)21-14-28-25(26)24(29-21)23(32)12-18-13-27-7-6-22(18)31-8-10-33-11-9-31/h2-7,13-14,20H,8-12,15-16H2,1H3,(H2,26,28). The van der Waals surface area contributed by atoms with E-state index >= 15 is 0 Å². The average molecular weight is 461 g/mol. The molecule has 0 radical (unpaired) electrons. The number of nitrogens with two attached hydrogens (primary N) is 1. The molecule has 9 heteroatoms. The zero-order chi connectivity index (χ0) is 23.5. The number of nitrogen functional groups attached to an aromatic ring is 1. The molecule has 3 aromatic rings. The van der Waals surface area contributed by atoms with Crippen molar-refractivity contribution in [1.82, 2.24) is 19.9 Å². The van der Waals surface area contributed by atoms with Gasteiger partial charge >= 0.3 is 0 Å². The van der Waals surface area contributed by atoms with Crippen LogP contribution >= 0.6 is 0 Å². The molecule has 0 bridgehead atoms. The Morgan fingerprint density at radius 1 is 1.15 bits per heavy atom. The molecule has 2 saturated heterocycles. The molecule has 4 heterocycles. The number of carbonyl (C=O) groups excluding carboxylic acids is 1. The molecule has 0 atom stereocenters. The summed E-state index contributed by atoms with van der Waals surface area (Å²) >= 11 is 0. The van der Waals surface area contributed by atoms with Crippen molar-refractivity contribution < 1.29 is 14.3 Å². The van der Waals surface area contributed by atoms with Gasteiger partial charge in [-0.1, -0.05) is 0 Å². The quantitative estimate of drug-likeness (QED) is 0.530. The Labute approximate surface area is 198 Å². The van der Waals surface area contributed by atoms with Crippen LogP contribution in [-0.4, -0.2) is 78.2 Å². The Morgan fingerprint density at radius 3 is 2.65 bits per heavy atom. The molecule has 9 nitrogen and oxygen atoms in total. The second-order valence-corrected chi connectivity index (χ2v) is 8.68. The van der Waals surface area contributed by atoms with E-state index in [4.69, 9.17) is 15.2 Å². The van der Waals surface area contributed by atoms with Crippen LogP contribution in [0.25, 0.3) is 11.3 Å². The SMILES string of the molecule is CN1CC(Oc2ccc(-c3cnc(N)c(C(=O)Cc4cnccc4N4CCOCC4)n3)cc2)C1. The summed E-state index contributed by atoms with van der Waals surface area (Å²) in [5.74, 6) is 0.747. The Morgan fingerprint density at radius 2 is 1.91 bits per heavy atom. The van der Waals surface area contributed by atoms with Crippen LogP contribution in [0.2, 0.25) is 0 Å². The first kappa shape index (κ1) is 22.2. The number of Topliss-reactive ketones (excluding diaryl/α,β-unsaturated/α-hetero) is 1. The van der Waals surface area contributed by atoms with Crippen LogP contribution in [0.4, 0.5) is 11.5 Å². The largest absolute Gasteiger partial charge is 0.488 e. The van der Waals surface area contributed by atoms with Gasteiger partial charge in [0.15, 0.2) is 11.6 Å². The van der Waals surface area contributed by atoms with Crippen LogP contribution in [0.5, 0.6) is 5.75 Å². The number of morpholine rings is 1. The zero-order valence-corrected chi connectivity index (χ0v) is 19.2. The van der Waals surface area contributed by atoms with Crippen molar-refractivity contribution in [3.05, 3.63) is 60.2 Å². The maximum absolute atomic E-state index is 13.2. The first-order valence-corrected chi connectivity index (χ1v) is 11.4. The van der Waals surface area contributed by atoms with Gasteiger partial charge in [0.1, 0.15) is 17.5 Å². The van der Waals surface area contributed by atoms with Gasteiger partial charge in [0.25, 0.3) is 0 Å². The Hall–Kier alpha value is -3.56. The first-order valence-electron chi connectivity index (χ1n) is 11.4. The van der Waals surface area contributed by atoms with Gasteiger partial charge in [-0.2, -0.15) is 0 Å². The summed E-state index contributed by atoms with van der Waals surface area (Å²) in [5, 5.41) is 0. The number of hydrogen-bond donors (Lipinski definition) is 1. The number of rotatable bonds is 7. The summed E-state index contributed by atoms with van der Waals surface area (Å²) in [6.45, 7) is 4.75. The Bertz CT molecular complexity index is 1160. The Balaban J connectivity index is 1.33. The molecule has 0 spiro atoms. The topological polar surface area (TPSA) is 107 Å². The lowest BCUT2D eigenvalue weighted by Gasteiger charge is -2.36. The van der Waals surface area contributed by atoms with E-state index in [1.807, 2.05) is 30.3 Å². The molecule has 34 heavy (non-hydrogen) atoms. The summed E-state index contributed by atoms with van der Waals surface area (Å²) in [7, 11) is 2.07. The van der Waals surface area contributed by atoms with E-state index in [-0.39, 0.29) is 29.8 Å². The number of carbonyl (C=O) groups is 1. The van der Waals surface area contributed by atoms with Crippen molar-refractivity contribution >= 4 is 17.3 Å². The fourth-order valence-electron chi connectivity index (χ4n) is 4.28. The number of pyridine rings is 1. The van der Waals surface area contributed by atoms with Gasteiger partial charge in [0, 0.05) is 61.8 Å². The normalized spacial score (nSPS) is 16.8. The second-order valence-electron chi connectivity index (χ2n) is 8.68. The van der Waals surface area contributed by atoms with Gasteiger partial charge < -0.3 is 20.1 Å². The van der Waals surface area contributed by atoms with Crippen molar-refractivity contribution in [1.29, 1.82) is 0 Å². The fourth-order valence-corrected chi connectivity index (χ4v) is 4.28. The van der Waals surface area contributed by atoms with Crippen molar-refractivity contribution in [2.75, 3.05) is 57.1 Å². The van der Waals surface area contributed by atoms with Gasteiger partial charge in [-0.05, 0) is 37.4 Å². The highest BCUT2D eigenvalue weighted by Crippen LogP contribution is 2.26. The Kier molecular flexibility index (Phi) is 6.37.